The molecule has 0 radical (unpaired) electrons. The van der Waals surface area contributed by atoms with Crippen LogP contribution in [0.3, 0.4) is 0 Å². The number of rotatable bonds is 2. The van der Waals surface area contributed by atoms with Crippen molar-refractivity contribution in [1.29, 1.82) is 0 Å². The van der Waals surface area contributed by atoms with Crippen molar-refractivity contribution in [3.8, 4) is 0 Å². The van der Waals surface area contributed by atoms with Crippen LogP contribution in [0.15, 0.2) is 41.1 Å². The van der Waals surface area contributed by atoms with E-state index >= 15 is 0 Å². The second-order valence-corrected chi connectivity index (χ2v) is 5.15. The molecule has 1 aromatic carbocycles. The van der Waals surface area contributed by atoms with E-state index in [-0.39, 0.29) is 0 Å². The highest BCUT2D eigenvalue weighted by Gasteiger charge is 1.97. The number of hydrogen-bond donors (Lipinski definition) is 0. The Morgan fingerprint density at radius 1 is 1.43 bits per heavy atom. The van der Waals surface area contributed by atoms with Gasteiger partial charge >= 0.3 is 0 Å². The zero-order valence-corrected chi connectivity index (χ0v) is 11.1. The summed E-state index contributed by atoms with van der Waals surface area (Å²) in [6.45, 7) is 0.822. The third kappa shape index (κ3) is 2.57. The van der Waals surface area contributed by atoms with E-state index in [0.29, 0.717) is 0 Å². The molecule has 0 amide bonds. The van der Waals surface area contributed by atoms with Crippen molar-refractivity contribution in [3.63, 3.8) is 0 Å². The van der Waals surface area contributed by atoms with Crippen LogP contribution in [-0.4, -0.2) is 9.78 Å². The molecular formula is C10H8BrIN2. The van der Waals surface area contributed by atoms with Crippen molar-refractivity contribution in [2.24, 2.45) is 0 Å². The highest BCUT2D eigenvalue weighted by atomic mass is 127. The van der Waals surface area contributed by atoms with Gasteiger partial charge in [0.2, 0.25) is 0 Å². The van der Waals surface area contributed by atoms with E-state index < -0.39 is 0 Å². The Morgan fingerprint density at radius 3 is 2.93 bits per heavy atom. The van der Waals surface area contributed by atoms with Gasteiger partial charge in [-0.1, -0.05) is 28.1 Å². The lowest BCUT2D eigenvalue weighted by atomic mass is 10.2. The van der Waals surface area contributed by atoms with E-state index in [1.807, 2.05) is 29.2 Å². The molecule has 2 nitrogen and oxygen atoms in total. The SMILES string of the molecule is Brc1cccc(Cn2cc(I)cn2)c1. The van der Waals surface area contributed by atoms with Gasteiger partial charge in [-0.15, -0.1) is 0 Å². The van der Waals surface area contributed by atoms with E-state index in [1.165, 1.54) is 5.56 Å². The van der Waals surface area contributed by atoms with Gasteiger partial charge in [-0.05, 0) is 40.3 Å². The van der Waals surface area contributed by atoms with Gasteiger partial charge in [0.15, 0.2) is 0 Å². The van der Waals surface area contributed by atoms with E-state index in [1.54, 1.807) is 0 Å². The molecule has 2 aromatic rings. The standard InChI is InChI=1S/C10H8BrIN2/c11-9-3-1-2-8(4-9)6-14-7-10(12)5-13-14/h1-5,7H,6H2. The number of nitrogens with zero attached hydrogens (tertiary/aromatic N) is 2. The summed E-state index contributed by atoms with van der Waals surface area (Å²) in [4.78, 5) is 0. The maximum atomic E-state index is 4.23. The van der Waals surface area contributed by atoms with Crippen LogP contribution >= 0.6 is 38.5 Å². The van der Waals surface area contributed by atoms with E-state index in [2.05, 4.69) is 55.8 Å². The minimum Gasteiger partial charge on any atom is -0.267 e. The Balaban J connectivity index is 2.18. The summed E-state index contributed by atoms with van der Waals surface area (Å²) in [5.74, 6) is 0. The number of halogens is 2. The summed E-state index contributed by atoms with van der Waals surface area (Å²) in [6.07, 6.45) is 3.89. The van der Waals surface area contributed by atoms with Gasteiger partial charge in [0, 0.05) is 10.7 Å². The van der Waals surface area contributed by atoms with Gasteiger partial charge in [0.05, 0.1) is 16.3 Å². The second-order valence-electron chi connectivity index (χ2n) is 2.99. The molecule has 0 bridgehead atoms. The molecule has 0 aliphatic carbocycles. The topological polar surface area (TPSA) is 17.8 Å². The fourth-order valence-corrected chi connectivity index (χ4v) is 2.14. The van der Waals surface area contributed by atoms with Gasteiger partial charge in [-0.2, -0.15) is 5.10 Å². The Bertz CT molecular complexity index is 439. The summed E-state index contributed by atoms with van der Waals surface area (Å²) in [5, 5.41) is 4.23. The average molecular weight is 363 g/mol. The zero-order chi connectivity index (χ0) is 9.97. The quantitative estimate of drug-likeness (QED) is 0.749. The van der Waals surface area contributed by atoms with Crippen molar-refractivity contribution in [1.82, 2.24) is 9.78 Å². The number of aromatic nitrogens is 2. The maximum Gasteiger partial charge on any atom is 0.0660 e. The Hall–Kier alpha value is -0.360. The first-order chi connectivity index (χ1) is 6.74. The average Bonchev–Trinajstić information content (AvgIpc) is 2.51. The first-order valence-electron chi connectivity index (χ1n) is 4.16. The van der Waals surface area contributed by atoms with Crippen LogP contribution < -0.4 is 0 Å². The molecule has 0 atom stereocenters. The Kier molecular flexibility index (Phi) is 3.22. The van der Waals surface area contributed by atoms with Crippen LogP contribution in [0.4, 0.5) is 0 Å². The minimum atomic E-state index is 0.822. The van der Waals surface area contributed by atoms with Crippen molar-refractivity contribution < 1.29 is 0 Å². The molecule has 0 spiro atoms. The lowest BCUT2D eigenvalue weighted by Gasteiger charge is -2.01. The summed E-state index contributed by atoms with van der Waals surface area (Å²) >= 11 is 5.71. The Morgan fingerprint density at radius 2 is 2.29 bits per heavy atom. The largest absolute Gasteiger partial charge is 0.267 e. The molecule has 0 aliphatic heterocycles. The predicted octanol–water partition coefficient (Wildman–Crippen LogP) is 3.30. The normalized spacial score (nSPS) is 10.4. The van der Waals surface area contributed by atoms with Gasteiger partial charge in [-0.25, -0.2) is 0 Å². The minimum absolute atomic E-state index is 0.822. The smallest absolute Gasteiger partial charge is 0.0660 e. The lowest BCUT2D eigenvalue weighted by Crippen LogP contribution is -1.99. The maximum absolute atomic E-state index is 4.23. The van der Waals surface area contributed by atoms with Crippen LogP contribution in [0, 0.1) is 3.57 Å². The summed E-state index contributed by atoms with van der Waals surface area (Å²) < 4.78 is 4.21. The van der Waals surface area contributed by atoms with Crippen LogP contribution in [0.2, 0.25) is 0 Å². The molecule has 0 unspecified atom stereocenters. The second kappa shape index (κ2) is 4.44. The van der Waals surface area contributed by atoms with Crippen LogP contribution in [0.25, 0.3) is 0 Å². The molecule has 2 rings (SSSR count). The third-order valence-corrected chi connectivity index (χ3v) is 2.89. The third-order valence-electron chi connectivity index (χ3n) is 1.84. The molecule has 0 saturated carbocycles. The molecule has 0 saturated heterocycles. The summed E-state index contributed by atoms with van der Waals surface area (Å²) in [6, 6.07) is 8.26. The predicted molar refractivity (Wildman–Crippen MR) is 68.2 cm³/mol. The van der Waals surface area contributed by atoms with Gasteiger partial charge in [0.1, 0.15) is 0 Å². The van der Waals surface area contributed by atoms with Crippen LogP contribution in [0.5, 0.6) is 0 Å². The van der Waals surface area contributed by atoms with Gasteiger partial charge < -0.3 is 0 Å². The van der Waals surface area contributed by atoms with Gasteiger partial charge in [-0.3, -0.25) is 4.68 Å². The molecule has 14 heavy (non-hydrogen) atoms. The van der Waals surface area contributed by atoms with Gasteiger partial charge in [0.25, 0.3) is 0 Å². The first kappa shape index (κ1) is 10.2. The molecule has 0 N–H and O–H groups in total. The molecule has 4 heteroatoms. The van der Waals surface area contributed by atoms with Crippen molar-refractivity contribution in [2.75, 3.05) is 0 Å². The first-order valence-corrected chi connectivity index (χ1v) is 6.03. The van der Waals surface area contributed by atoms with Crippen molar-refractivity contribution in [2.45, 2.75) is 6.54 Å². The van der Waals surface area contributed by atoms with Crippen molar-refractivity contribution >= 4 is 38.5 Å². The zero-order valence-electron chi connectivity index (χ0n) is 7.32. The fraction of sp³-hybridized carbons (Fsp3) is 0.100. The summed E-state index contributed by atoms with van der Waals surface area (Å²) in [5.41, 5.74) is 1.25. The van der Waals surface area contributed by atoms with E-state index in [0.717, 1.165) is 14.6 Å². The highest BCUT2D eigenvalue weighted by molar-refractivity contribution is 14.1. The molecular weight excluding hydrogens is 355 g/mol. The monoisotopic (exact) mass is 362 g/mol. The molecule has 1 aromatic heterocycles. The fourth-order valence-electron chi connectivity index (χ4n) is 1.25. The molecule has 0 fully saturated rings. The molecule has 1 heterocycles. The van der Waals surface area contributed by atoms with Crippen LogP contribution in [0.1, 0.15) is 5.56 Å². The highest BCUT2D eigenvalue weighted by Crippen LogP contribution is 2.12. The summed E-state index contributed by atoms with van der Waals surface area (Å²) in [7, 11) is 0. The molecule has 72 valence electrons. The molecule has 0 aliphatic rings. The van der Waals surface area contributed by atoms with E-state index in [4.69, 9.17) is 0 Å². The lowest BCUT2D eigenvalue weighted by molar-refractivity contribution is 0.686. The van der Waals surface area contributed by atoms with Crippen molar-refractivity contribution in [3.05, 3.63) is 50.3 Å². The number of hydrogen-bond acceptors (Lipinski definition) is 1. The van der Waals surface area contributed by atoms with E-state index in [9.17, 15) is 0 Å². The Labute approximate surface area is 105 Å². The number of benzene rings is 1. The van der Waals surface area contributed by atoms with Crippen LogP contribution in [-0.2, 0) is 6.54 Å².